The van der Waals surface area contributed by atoms with Crippen LogP contribution in [-0.2, 0) is 13.2 Å². The summed E-state index contributed by atoms with van der Waals surface area (Å²) in [5.74, 6) is 4.01. The molecule has 1 atom stereocenters. The zero-order valence-corrected chi connectivity index (χ0v) is 18.7. The Morgan fingerprint density at radius 2 is 1.61 bits per heavy atom. The van der Waals surface area contributed by atoms with Crippen LogP contribution in [0, 0.1) is 29.0 Å². The molecule has 6 rings (SSSR count). The number of para-hydroxylation sites is 1. The van der Waals surface area contributed by atoms with Crippen LogP contribution < -0.4 is 14.8 Å². The van der Waals surface area contributed by atoms with Gasteiger partial charge >= 0.3 is 0 Å². The highest BCUT2D eigenvalue weighted by Crippen LogP contribution is 2.61. The van der Waals surface area contributed by atoms with Gasteiger partial charge in [0.1, 0.15) is 12.4 Å². The summed E-state index contributed by atoms with van der Waals surface area (Å²) in [6, 6.07) is 13.2. The zero-order chi connectivity index (χ0) is 21.4. The molecule has 4 bridgehead atoms. The molecule has 4 heteroatoms. The van der Waals surface area contributed by atoms with E-state index in [4.69, 9.17) is 9.47 Å². The van der Waals surface area contributed by atoms with Crippen LogP contribution in [-0.4, -0.2) is 13.2 Å². The Labute approximate surface area is 185 Å². The maximum atomic E-state index is 14.1. The number of halogens is 1. The molecule has 0 heterocycles. The molecule has 0 aliphatic heterocycles. The van der Waals surface area contributed by atoms with Crippen molar-refractivity contribution < 1.29 is 13.9 Å². The van der Waals surface area contributed by atoms with Crippen molar-refractivity contribution in [2.45, 2.75) is 64.6 Å². The highest BCUT2D eigenvalue weighted by molar-refractivity contribution is 5.46. The Balaban J connectivity index is 1.29. The van der Waals surface area contributed by atoms with E-state index in [9.17, 15) is 4.39 Å². The van der Waals surface area contributed by atoms with Crippen LogP contribution in [0.2, 0.25) is 0 Å². The fourth-order valence-corrected chi connectivity index (χ4v) is 6.98. The summed E-state index contributed by atoms with van der Waals surface area (Å²) in [5.41, 5.74) is 2.07. The number of hydrogen-bond donors (Lipinski definition) is 1. The van der Waals surface area contributed by atoms with E-state index in [-0.39, 0.29) is 12.4 Å². The summed E-state index contributed by atoms with van der Waals surface area (Å²) < 4.78 is 25.7. The first kappa shape index (κ1) is 20.8. The number of nitrogens with one attached hydrogen (secondary N) is 1. The van der Waals surface area contributed by atoms with E-state index < -0.39 is 0 Å². The van der Waals surface area contributed by atoms with E-state index in [1.165, 1.54) is 44.6 Å². The molecule has 4 aliphatic carbocycles. The molecular formula is C27H34FNO2. The second kappa shape index (κ2) is 8.46. The van der Waals surface area contributed by atoms with Gasteiger partial charge in [-0.2, -0.15) is 0 Å². The molecule has 1 N–H and O–H groups in total. The average Bonchev–Trinajstić information content (AvgIpc) is 2.76. The molecule has 2 aromatic carbocycles. The first-order valence-electron chi connectivity index (χ1n) is 11.8. The van der Waals surface area contributed by atoms with Gasteiger partial charge in [-0.15, -0.1) is 0 Å². The van der Waals surface area contributed by atoms with Gasteiger partial charge in [-0.3, -0.25) is 0 Å². The first-order chi connectivity index (χ1) is 15.1. The molecule has 1 unspecified atom stereocenters. The monoisotopic (exact) mass is 423 g/mol. The van der Waals surface area contributed by atoms with E-state index in [1.54, 1.807) is 19.2 Å². The van der Waals surface area contributed by atoms with Crippen molar-refractivity contribution in [1.82, 2.24) is 5.32 Å². The summed E-state index contributed by atoms with van der Waals surface area (Å²) in [6.45, 7) is 3.30. The number of benzene rings is 2. The highest BCUT2D eigenvalue weighted by Gasteiger charge is 2.52. The van der Waals surface area contributed by atoms with E-state index in [0.29, 0.717) is 28.5 Å². The molecular weight excluding hydrogens is 389 g/mol. The lowest BCUT2D eigenvalue weighted by Gasteiger charge is -2.59. The smallest absolute Gasteiger partial charge is 0.166 e. The normalized spacial score (nSPS) is 29.7. The van der Waals surface area contributed by atoms with Gasteiger partial charge in [0, 0.05) is 23.7 Å². The summed E-state index contributed by atoms with van der Waals surface area (Å²) in [6.07, 6.45) is 8.58. The van der Waals surface area contributed by atoms with Crippen molar-refractivity contribution in [2.75, 3.05) is 7.11 Å². The molecule has 31 heavy (non-hydrogen) atoms. The molecule has 0 spiro atoms. The summed E-state index contributed by atoms with van der Waals surface area (Å²) in [4.78, 5) is 0. The Bertz CT molecular complexity index is 892. The minimum atomic E-state index is -0.243. The van der Waals surface area contributed by atoms with E-state index in [1.807, 2.05) is 18.2 Å². The molecule has 0 aromatic heterocycles. The SMILES string of the molecule is COc1cccc(CNC(C)C23CC4CC(CC(C4)C2)C3)c1OCc1ccccc1F. The van der Waals surface area contributed by atoms with Crippen LogP contribution in [0.4, 0.5) is 4.39 Å². The first-order valence-corrected chi connectivity index (χ1v) is 11.8. The topological polar surface area (TPSA) is 30.5 Å². The standard InChI is InChI=1S/C27H34FNO2/c1-18(27-13-19-10-20(14-27)12-21(11-19)15-27)29-16-22-7-5-9-25(30-2)26(22)31-17-23-6-3-4-8-24(23)28/h3-9,18-21,29H,10-17H2,1-2H3. The van der Waals surface area contributed by atoms with Crippen LogP contribution in [0.15, 0.2) is 42.5 Å². The van der Waals surface area contributed by atoms with Gasteiger partial charge in [0.25, 0.3) is 0 Å². The van der Waals surface area contributed by atoms with Gasteiger partial charge in [0.15, 0.2) is 11.5 Å². The van der Waals surface area contributed by atoms with Crippen molar-refractivity contribution in [3.63, 3.8) is 0 Å². The highest BCUT2D eigenvalue weighted by atomic mass is 19.1. The Hall–Kier alpha value is -2.07. The van der Waals surface area contributed by atoms with Gasteiger partial charge in [-0.1, -0.05) is 30.3 Å². The maximum Gasteiger partial charge on any atom is 0.166 e. The molecule has 4 saturated carbocycles. The molecule has 0 amide bonds. The quantitative estimate of drug-likeness (QED) is 0.556. The molecule has 2 aromatic rings. The second-order valence-corrected chi connectivity index (χ2v) is 10.2. The number of ether oxygens (including phenoxy) is 2. The molecule has 4 fully saturated rings. The third-order valence-corrected chi connectivity index (χ3v) is 8.21. The fraction of sp³-hybridized carbons (Fsp3) is 0.556. The van der Waals surface area contributed by atoms with Gasteiger partial charge in [-0.05, 0) is 80.8 Å². The van der Waals surface area contributed by atoms with Crippen LogP contribution in [0.1, 0.15) is 56.6 Å². The second-order valence-electron chi connectivity index (χ2n) is 10.2. The predicted octanol–water partition coefficient (Wildman–Crippen LogP) is 6.11. The predicted molar refractivity (Wildman–Crippen MR) is 121 cm³/mol. The van der Waals surface area contributed by atoms with E-state index >= 15 is 0 Å². The van der Waals surface area contributed by atoms with Crippen LogP contribution in [0.3, 0.4) is 0 Å². The van der Waals surface area contributed by atoms with Gasteiger partial charge in [0.2, 0.25) is 0 Å². The third kappa shape index (κ3) is 4.07. The lowest BCUT2D eigenvalue weighted by molar-refractivity contribution is -0.0706. The van der Waals surface area contributed by atoms with Crippen LogP contribution in [0.5, 0.6) is 11.5 Å². The largest absolute Gasteiger partial charge is 0.493 e. The fourth-order valence-electron chi connectivity index (χ4n) is 6.98. The zero-order valence-electron chi connectivity index (χ0n) is 18.7. The molecule has 0 radical (unpaired) electrons. The molecule has 4 aliphatic rings. The van der Waals surface area contributed by atoms with Gasteiger partial charge in [0.05, 0.1) is 7.11 Å². The Morgan fingerprint density at radius 1 is 0.968 bits per heavy atom. The maximum absolute atomic E-state index is 14.1. The summed E-state index contributed by atoms with van der Waals surface area (Å²) in [5, 5.41) is 3.85. The minimum absolute atomic E-state index is 0.185. The lowest BCUT2D eigenvalue weighted by atomic mass is 9.48. The average molecular weight is 424 g/mol. The van der Waals surface area contributed by atoms with Crippen LogP contribution >= 0.6 is 0 Å². The number of methoxy groups -OCH3 is 1. The molecule has 0 saturated heterocycles. The van der Waals surface area contributed by atoms with Crippen molar-refractivity contribution in [3.05, 3.63) is 59.4 Å². The van der Waals surface area contributed by atoms with E-state index in [0.717, 1.165) is 29.9 Å². The molecule has 3 nitrogen and oxygen atoms in total. The van der Waals surface area contributed by atoms with E-state index in [2.05, 4.69) is 18.3 Å². The summed E-state index contributed by atoms with van der Waals surface area (Å²) >= 11 is 0. The van der Waals surface area contributed by atoms with Crippen LogP contribution in [0.25, 0.3) is 0 Å². The number of rotatable bonds is 8. The third-order valence-electron chi connectivity index (χ3n) is 8.21. The van der Waals surface area contributed by atoms with Crippen molar-refractivity contribution >= 4 is 0 Å². The summed E-state index contributed by atoms with van der Waals surface area (Å²) in [7, 11) is 1.65. The van der Waals surface area contributed by atoms with Gasteiger partial charge < -0.3 is 14.8 Å². The lowest BCUT2D eigenvalue weighted by Crippen LogP contribution is -2.54. The van der Waals surface area contributed by atoms with Crippen molar-refractivity contribution in [1.29, 1.82) is 0 Å². The van der Waals surface area contributed by atoms with Gasteiger partial charge in [-0.25, -0.2) is 4.39 Å². The Morgan fingerprint density at radius 3 is 2.26 bits per heavy atom. The van der Waals surface area contributed by atoms with Crippen molar-refractivity contribution in [3.8, 4) is 11.5 Å². The molecule has 166 valence electrons. The number of hydrogen-bond acceptors (Lipinski definition) is 3. The Kier molecular flexibility index (Phi) is 5.68. The van der Waals surface area contributed by atoms with Crippen molar-refractivity contribution in [2.24, 2.45) is 23.2 Å². The minimum Gasteiger partial charge on any atom is -0.493 e.